The van der Waals surface area contributed by atoms with Gasteiger partial charge in [0.15, 0.2) is 0 Å². The molecule has 1 aliphatic rings. The van der Waals surface area contributed by atoms with Crippen molar-refractivity contribution in [3.8, 4) is 0 Å². The smallest absolute Gasteiger partial charge is 0.412 e. The number of piperazine rings is 1. The van der Waals surface area contributed by atoms with Crippen LogP contribution in [0.1, 0.15) is 36.7 Å². The number of carbonyl (C=O) groups excluding carboxylic acids is 1. The van der Waals surface area contributed by atoms with Crippen molar-refractivity contribution in [3.63, 3.8) is 0 Å². The van der Waals surface area contributed by atoms with Crippen molar-refractivity contribution in [3.05, 3.63) is 23.3 Å². The number of hydrogen-bond donors (Lipinski definition) is 3. The molecule has 0 spiro atoms. The number of benzene rings is 1. The Hall–Kier alpha value is -2.28. The second-order valence-electron chi connectivity index (χ2n) is 6.84. The molecule has 0 unspecified atom stereocenters. The van der Waals surface area contributed by atoms with Crippen LogP contribution in [0.15, 0.2) is 12.1 Å². The lowest BCUT2D eigenvalue weighted by Crippen LogP contribution is -2.44. The lowest BCUT2D eigenvalue weighted by molar-refractivity contribution is 0.0632. The molecule has 0 saturated carbocycles. The first-order valence-corrected chi connectivity index (χ1v) is 8.01. The second kappa shape index (κ2) is 7.09. The number of anilines is 2. The van der Waals surface area contributed by atoms with E-state index in [1.165, 1.54) is 6.07 Å². The van der Waals surface area contributed by atoms with E-state index in [4.69, 9.17) is 4.74 Å². The highest BCUT2D eigenvalue weighted by Gasteiger charge is 2.21. The maximum absolute atomic E-state index is 12.0. The highest BCUT2D eigenvalue weighted by Crippen LogP contribution is 2.30. The van der Waals surface area contributed by atoms with Crippen molar-refractivity contribution in [1.82, 2.24) is 5.32 Å². The molecule has 0 bridgehead atoms. The first kappa shape index (κ1) is 18.1. The zero-order valence-corrected chi connectivity index (χ0v) is 14.6. The van der Waals surface area contributed by atoms with E-state index in [9.17, 15) is 14.7 Å². The third-order valence-electron chi connectivity index (χ3n) is 3.72. The largest absolute Gasteiger partial charge is 0.478 e. The number of carbonyl (C=O) groups is 2. The van der Waals surface area contributed by atoms with Gasteiger partial charge >= 0.3 is 12.1 Å². The van der Waals surface area contributed by atoms with Crippen LogP contribution in [0.5, 0.6) is 0 Å². The second-order valence-corrected chi connectivity index (χ2v) is 6.84. The Balaban J connectivity index is 2.33. The van der Waals surface area contributed by atoms with Gasteiger partial charge in [-0.2, -0.15) is 0 Å². The standard InChI is InChI=1S/C17H25N3O4/c1-11-13(19-16(23)24-17(2,3)4)9-12(15(21)22)10-14(11)20-7-5-18-6-8-20/h9-10,18H,5-8H2,1-4H3,(H,19,23)(H,21,22). The van der Waals surface area contributed by atoms with Gasteiger partial charge in [-0.25, -0.2) is 9.59 Å². The minimum Gasteiger partial charge on any atom is -0.478 e. The van der Waals surface area contributed by atoms with Crippen molar-refractivity contribution in [2.45, 2.75) is 33.3 Å². The first-order chi connectivity index (χ1) is 11.2. The van der Waals surface area contributed by atoms with Gasteiger partial charge in [-0.15, -0.1) is 0 Å². The molecule has 1 saturated heterocycles. The number of hydrogen-bond acceptors (Lipinski definition) is 5. The molecule has 1 fully saturated rings. The first-order valence-electron chi connectivity index (χ1n) is 8.01. The molecule has 1 aromatic rings. The Morgan fingerprint density at radius 2 is 1.88 bits per heavy atom. The maximum Gasteiger partial charge on any atom is 0.412 e. The maximum atomic E-state index is 12.0. The van der Waals surface area contributed by atoms with E-state index in [2.05, 4.69) is 15.5 Å². The highest BCUT2D eigenvalue weighted by atomic mass is 16.6. The summed E-state index contributed by atoms with van der Waals surface area (Å²) in [4.78, 5) is 25.6. The zero-order valence-electron chi connectivity index (χ0n) is 14.6. The molecule has 2 rings (SSSR count). The number of aromatic carboxylic acids is 1. The summed E-state index contributed by atoms with van der Waals surface area (Å²) in [7, 11) is 0. The molecule has 1 heterocycles. The Morgan fingerprint density at radius 3 is 2.42 bits per heavy atom. The van der Waals surface area contributed by atoms with Gasteiger partial charge in [-0.3, -0.25) is 5.32 Å². The van der Waals surface area contributed by atoms with Crippen LogP contribution < -0.4 is 15.5 Å². The lowest BCUT2D eigenvalue weighted by Gasteiger charge is -2.31. The number of carboxylic acids is 1. The van der Waals surface area contributed by atoms with Crippen molar-refractivity contribution < 1.29 is 19.4 Å². The average Bonchev–Trinajstić information content (AvgIpc) is 2.48. The molecule has 1 aromatic carbocycles. The molecule has 132 valence electrons. The van der Waals surface area contributed by atoms with E-state index in [0.717, 1.165) is 37.4 Å². The summed E-state index contributed by atoms with van der Waals surface area (Å²) in [5, 5.41) is 15.3. The van der Waals surface area contributed by atoms with Crippen LogP contribution in [0.3, 0.4) is 0 Å². The number of amides is 1. The monoisotopic (exact) mass is 335 g/mol. The van der Waals surface area contributed by atoms with Crippen LogP contribution in [-0.2, 0) is 4.74 Å². The fraction of sp³-hybridized carbons (Fsp3) is 0.529. The normalized spacial score (nSPS) is 15.1. The molecule has 7 nitrogen and oxygen atoms in total. The van der Waals surface area contributed by atoms with E-state index in [1.807, 2.05) is 6.92 Å². The van der Waals surface area contributed by atoms with Crippen LogP contribution in [0.4, 0.5) is 16.2 Å². The molecule has 0 aromatic heterocycles. The third kappa shape index (κ3) is 4.61. The van der Waals surface area contributed by atoms with Crippen LogP contribution >= 0.6 is 0 Å². The van der Waals surface area contributed by atoms with E-state index in [0.29, 0.717) is 5.69 Å². The van der Waals surface area contributed by atoms with Crippen molar-refractivity contribution in [1.29, 1.82) is 0 Å². The summed E-state index contributed by atoms with van der Waals surface area (Å²) in [5.74, 6) is -1.03. The molecule has 0 aliphatic carbocycles. The minimum atomic E-state index is -1.03. The van der Waals surface area contributed by atoms with Gasteiger partial charge in [0, 0.05) is 37.6 Å². The van der Waals surface area contributed by atoms with E-state index >= 15 is 0 Å². The quantitative estimate of drug-likeness (QED) is 0.786. The Kier molecular flexibility index (Phi) is 5.33. The summed E-state index contributed by atoms with van der Waals surface area (Å²) in [6, 6.07) is 3.12. The molecule has 7 heteroatoms. The topological polar surface area (TPSA) is 90.9 Å². The molecule has 24 heavy (non-hydrogen) atoms. The van der Waals surface area contributed by atoms with Crippen LogP contribution in [0.25, 0.3) is 0 Å². The molecule has 1 amide bonds. The number of carboxylic acid groups (broad SMARTS) is 1. The lowest BCUT2D eigenvalue weighted by atomic mass is 10.1. The predicted octanol–water partition coefficient (Wildman–Crippen LogP) is 2.45. The minimum absolute atomic E-state index is 0.139. The van der Waals surface area contributed by atoms with E-state index in [1.54, 1.807) is 26.8 Å². The fourth-order valence-corrected chi connectivity index (χ4v) is 2.60. The Bertz CT molecular complexity index is 631. The molecule has 0 atom stereocenters. The van der Waals surface area contributed by atoms with Crippen molar-refractivity contribution in [2.75, 3.05) is 36.4 Å². The molecule has 3 N–H and O–H groups in total. The third-order valence-corrected chi connectivity index (χ3v) is 3.72. The number of nitrogens with one attached hydrogen (secondary N) is 2. The Labute approximate surface area is 142 Å². The number of rotatable bonds is 3. The summed E-state index contributed by atoms with van der Waals surface area (Å²) in [6.07, 6.45) is -0.598. The molecule has 0 radical (unpaired) electrons. The molecular formula is C17H25N3O4. The van der Waals surface area contributed by atoms with Gasteiger partial charge in [0.2, 0.25) is 0 Å². The van der Waals surface area contributed by atoms with Crippen molar-refractivity contribution in [2.24, 2.45) is 0 Å². The summed E-state index contributed by atoms with van der Waals surface area (Å²) >= 11 is 0. The number of nitrogens with zero attached hydrogens (tertiary/aromatic N) is 1. The van der Waals surface area contributed by atoms with Gasteiger partial charge in [0.25, 0.3) is 0 Å². The SMILES string of the molecule is Cc1c(NC(=O)OC(C)(C)C)cc(C(=O)O)cc1N1CCNCC1. The average molecular weight is 335 g/mol. The van der Waals surface area contributed by atoms with E-state index < -0.39 is 17.7 Å². The molecular weight excluding hydrogens is 310 g/mol. The summed E-state index contributed by atoms with van der Waals surface area (Å²) in [5.41, 5.74) is 1.62. The summed E-state index contributed by atoms with van der Waals surface area (Å²) < 4.78 is 5.26. The van der Waals surface area contributed by atoms with Crippen LogP contribution in [0, 0.1) is 6.92 Å². The zero-order chi connectivity index (χ0) is 17.9. The van der Waals surface area contributed by atoms with Gasteiger partial charge in [0.1, 0.15) is 5.60 Å². The van der Waals surface area contributed by atoms with Gasteiger partial charge in [-0.05, 0) is 45.4 Å². The van der Waals surface area contributed by atoms with Crippen molar-refractivity contribution >= 4 is 23.4 Å². The highest BCUT2D eigenvalue weighted by molar-refractivity contribution is 5.94. The predicted molar refractivity (Wildman–Crippen MR) is 93.1 cm³/mol. The number of ether oxygens (including phenoxy) is 1. The van der Waals surface area contributed by atoms with Gasteiger partial charge in [0.05, 0.1) is 5.56 Å². The fourth-order valence-electron chi connectivity index (χ4n) is 2.60. The van der Waals surface area contributed by atoms with Crippen LogP contribution in [-0.4, -0.2) is 48.9 Å². The van der Waals surface area contributed by atoms with Gasteiger partial charge < -0.3 is 20.1 Å². The van der Waals surface area contributed by atoms with E-state index in [-0.39, 0.29) is 5.56 Å². The van der Waals surface area contributed by atoms with Gasteiger partial charge in [-0.1, -0.05) is 0 Å². The summed E-state index contributed by atoms with van der Waals surface area (Å²) in [6.45, 7) is 10.5. The Morgan fingerprint density at radius 1 is 1.25 bits per heavy atom. The molecule has 1 aliphatic heterocycles. The van der Waals surface area contributed by atoms with Crippen LogP contribution in [0.2, 0.25) is 0 Å².